The maximum atomic E-state index is 5.10. The molecule has 0 atom stereocenters. The molecular formula is C29H25N7Pt. The summed E-state index contributed by atoms with van der Waals surface area (Å²) in [7, 11) is 4.06. The second-order valence-corrected chi connectivity index (χ2v) is 9.54. The van der Waals surface area contributed by atoms with Crippen molar-refractivity contribution < 1.29 is 21.1 Å². The monoisotopic (exact) mass is 666 g/mol. The third-order valence-corrected chi connectivity index (χ3v) is 6.57. The van der Waals surface area contributed by atoms with Crippen LogP contribution in [-0.4, -0.2) is 43.2 Å². The van der Waals surface area contributed by atoms with E-state index in [1.54, 1.807) is 0 Å². The van der Waals surface area contributed by atoms with Crippen molar-refractivity contribution in [2.24, 2.45) is 0 Å². The van der Waals surface area contributed by atoms with Gasteiger partial charge in [-0.05, 0) is 43.1 Å². The van der Waals surface area contributed by atoms with E-state index < -0.39 is 5.41 Å². The SMILES string of the molecule is CN(C)c1cc(-n2[c-]nc3ccccc32)nc(C(C)(C)c2cccc(-n3[c-]nc4ccccc43)n2)c1.[Pt+2]. The Morgan fingerprint density at radius 1 is 0.676 bits per heavy atom. The van der Waals surface area contributed by atoms with Crippen molar-refractivity contribution in [1.29, 1.82) is 0 Å². The summed E-state index contributed by atoms with van der Waals surface area (Å²) in [5, 5.41) is 0. The molecule has 6 rings (SSSR count). The van der Waals surface area contributed by atoms with E-state index in [1.807, 2.05) is 90.0 Å². The Bertz CT molecular complexity index is 1710. The summed E-state index contributed by atoms with van der Waals surface area (Å²) in [6.45, 7) is 4.30. The normalized spacial score (nSPS) is 11.6. The van der Waals surface area contributed by atoms with Crippen LogP contribution in [0.15, 0.2) is 78.9 Å². The van der Waals surface area contributed by atoms with Gasteiger partial charge in [0.05, 0.1) is 11.6 Å². The van der Waals surface area contributed by atoms with Crippen LogP contribution in [0.5, 0.6) is 0 Å². The molecule has 0 unspecified atom stereocenters. The largest absolute Gasteiger partial charge is 2.00 e. The van der Waals surface area contributed by atoms with E-state index in [4.69, 9.17) is 9.97 Å². The van der Waals surface area contributed by atoms with E-state index in [0.29, 0.717) is 0 Å². The molecule has 0 fully saturated rings. The van der Waals surface area contributed by atoms with Crippen molar-refractivity contribution in [2.75, 3.05) is 19.0 Å². The number of hydrogen-bond acceptors (Lipinski definition) is 5. The molecule has 0 N–H and O–H groups in total. The van der Waals surface area contributed by atoms with E-state index in [0.717, 1.165) is 50.8 Å². The first kappa shape index (κ1) is 24.8. The average Bonchev–Trinajstić information content (AvgIpc) is 3.53. The molecule has 4 aromatic heterocycles. The number of anilines is 1. The van der Waals surface area contributed by atoms with Crippen LogP contribution in [0, 0.1) is 12.7 Å². The zero-order valence-corrected chi connectivity index (χ0v) is 23.2. The number of imidazole rings is 2. The molecule has 0 aliphatic rings. The van der Waals surface area contributed by atoms with E-state index in [9.17, 15) is 0 Å². The Hall–Kier alpha value is -3.83. The third kappa shape index (κ3) is 4.34. The van der Waals surface area contributed by atoms with Gasteiger partial charge in [0.15, 0.2) is 0 Å². The molecule has 0 saturated carbocycles. The molecular weight excluding hydrogens is 641 g/mol. The van der Waals surface area contributed by atoms with Crippen LogP contribution < -0.4 is 4.90 Å². The Morgan fingerprint density at radius 2 is 1.24 bits per heavy atom. The Kier molecular flexibility index (Phi) is 6.42. The van der Waals surface area contributed by atoms with Gasteiger partial charge >= 0.3 is 21.1 Å². The predicted octanol–water partition coefficient (Wildman–Crippen LogP) is 5.14. The fourth-order valence-corrected chi connectivity index (χ4v) is 4.38. The minimum absolute atomic E-state index is 0. The first-order valence-electron chi connectivity index (χ1n) is 11.8. The van der Waals surface area contributed by atoms with Crippen molar-refractivity contribution in [3.05, 3.63) is 103 Å². The van der Waals surface area contributed by atoms with Gasteiger partial charge in [0.2, 0.25) is 0 Å². The van der Waals surface area contributed by atoms with Crippen LogP contribution in [0.3, 0.4) is 0 Å². The molecule has 2 aromatic carbocycles. The molecule has 0 aliphatic heterocycles. The molecule has 0 radical (unpaired) electrons. The number of aromatic nitrogens is 6. The van der Waals surface area contributed by atoms with E-state index in [1.165, 1.54) is 0 Å². The first-order chi connectivity index (χ1) is 17.4. The molecule has 6 aromatic rings. The fraction of sp³-hybridized carbons (Fsp3) is 0.172. The molecule has 4 heterocycles. The topological polar surface area (TPSA) is 64.7 Å². The van der Waals surface area contributed by atoms with Crippen LogP contribution in [0.1, 0.15) is 25.2 Å². The number of rotatable bonds is 5. The van der Waals surface area contributed by atoms with Crippen LogP contribution in [0.4, 0.5) is 5.69 Å². The van der Waals surface area contributed by atoms with Crippen molar-refractivity contribution >= 4 is 27.8 Å². The van der Waals surface area contributed by atoms with Gasteiger partial charge in [0.25, 0.3) is 0 Å². The number of benzene rings is 2. The first-order valence-corrected chi connectivity index (χ1v) is 11.8. The van der Waals surface area contributed by atoms with Gasteiger partial charge in [0.1, 0.15) is 0 Å². The van der Waals surface area contributed by atoms with Gasteiger partial charge in [-0.1, -0.05) is 71.7 Å². The molecule has 0 spiro atoms. The molecule has 0 aliphatic carbocycles. The van der Waals surface area contributed by atoms with Crippen LogP contribution in [-0.2, 0) is 26.5 Å². The summed E-state index contributed by atoms with van der Waals surface area (Å²) in [6.07, 6.45) is 6.20. The standard InChI is InChI=1S/C29H25N7.Pt/c1-29(2,25-14-9-15-27(32-25)35-18-30-21-10-5-7-12-23(21)35)26-16-20(34(3)4)17-28(33-26)36-19-31-22-11-6-8-13-24(22)36;/h5-17H,1-4H3;/q-2;+2. The quantitative estimate of drug-likeness (QED) is 0.239. The second-order valence-electron chi connectivity index (χ2n) is 9.54. The molecule has 37 heavy (non-hydrogen) atoms. The zero-order chi connectivity index (χ0) is 24.9. The molecule has 0 bridgehead atoms. The van der Waals surface area contributed by atoms with Crippen molar-refractivity contribution in [1.82, 2.24) is 29.1 Å². The summed E-state index contributed by atoms with van der Waals surface area (Å²) in [6, 6.07) is 26.2. The minimum atomic E-state index is -0.483. The second kappa shape index (κ2) is 9.56. The van der Waals surface area contributed by atoms with E-state index in [2.05, 4.69) is 53.5 Å². The Balaban J connectivity index is 0.00000280. The molecule has 186 valence electrons. The van der Waals surface area contributed by atoms with Crippen LogP contribution in [0.2, 0.25) is 0 Å². The van der Waals surface area contributed by atoms with Gasteiger partial charge in [0, 0.05) is 49.2 Å². The number of fused-ring (bicyclic) bond motifs is 2. The Labute approximate surface area is 230 Å². The van der Waals surface area contributed by atoms with Crippen molar-refractivity contribution in [2.45, 2.75) is 19.3 Å². The number of pyridine rings is 2. The predicted molar refractivity (Wildman–Crippen MR) is 142 cm³/mol. The zero-order valence-electron chi connectivity index (χ0n) is 21.0. The summed E-state index contributed by atoms with van der Waals surface area (Å²) in [4.78, 5) is 21.1. The minimum Gasteiger partial charge on any atom is -0.411 e. The van der Waals surface area contributed by atoms with Crippen LogP contribution in [0.25, 0.3) is 33.7 Å². The molecule has 8 heteroatoms. The van der Waals surface area contributed by atoms with Gasteiger partial charge in [-0.3, -0.25) is 9.97 Å². The summed E-state index contributed by atoms with van der Waals surface area (Å²) < 4.78 is 3.81. The third-order valence-electron chi connectivity index (χ3n) is 6.57. The smallest absolute Gasteiger partial charge is 0.411 e. The maximum absolute atomic E-state index is 5.10. The van der Waals surface area contributed by atoms with Gasteiger partial charge in [-0.15, -0.1) is 0 Å². The average molecular weight is 667 g/mol. The van der Waals surface area contributed by atoms with Gasteiger partial charge in [-0.25, -0.2) is 0 Å². The van der Waals surface area contributed by atoms with Crippen LogP contribution >= 0.6 is 0 Å². The van der Waals surface area contributed by atoms with Gasteiger partial charge < -0.3 is 24.0 Å². The maximum Gasteiger partial charge on any atom is 2.00 e. The van der Waals surface area contributed by atoms with Crippen molar-refractivity contribution in [3.63, 3.8) is 0 Å². The number of nitrogens with zero attached hydrogens (tertiary/aromatic N) is 7. The fourth-order valence-electron chi connectivity index (χ4n) is 4.38. The Morgan fingerprint density at radius 3 is 1.86 bits per heavy atom. The van der Waals surface area contributed by atoms with Gasteiger partial charge in [-0.2, -0.15) is 0 Å². The van der Waals surface area contributed by atoms with E-state index in [-0.39, 0.29) is 21.1 Å². The summed E-state index contributed by atoms with van der Waals surface area (Å²) in [5.41, 5.74) is 6.07. The number of para-hydroxylation sites is 4. The molecule has 0 amide bonds. The molecule has 7 nitrogen and oxygen atoms in total. The summed E-state index contributed by atoms with van der Waals surface area (Å²) in [5.74, 6) is 1.54. The summed E-state index contributed by atoms with van der Waals surface area (Å²) >= 11 is 0. The van der Waals surface area contributed by atoms with Crippen molar-refractivity contribution in [3.8, 4) is 11.6 Å². The molecule has 0 saturated heterocycles. The van der Waals surface area contributed by atoms with E-state index >= 15 is 0 Å². The number of hydrogen-bond donors (Lipinski definition) is 0.